The Balaban J connectivity index is 1.72. The molecule has 1 heterocycles. The van der Waals surface area contributed by atoms with Crippen molar-refractivity contribution in [1.29, 1.82) is 0 Å². The molecule has 1 aromatic carbocycles. The Morgan fingerprint density at radius 1 is 1.19 bits per heavy atom. The van der Waals surface area contributed by atoms with Crippen LogP contribution in [0.3, 0.4) is 0 Å². The van der Waals surface area contributed by atoms with Crippen LogP contribution >= 0.6 is 23.2 Å². The molecule has 1 aromatic rings. The van der Waals surface area contributed by atoms with Crippen LogP contribution in [0, 0.1) is 5.92 Å². The Bertz CT molecular complexity index is 614. The fraction of sp³-hybridized carbons (Fsp3) is 0.600. The monoisotopic (exact) mass is 398 g/mol. The number of unbranched alkanes of at least 4 members (excludes halogenated alkanes) is 2. The third-order valence-corrected chi connectivity index (χ3v) is 5.80. The van der Waals surface area contributed by atoms with Gasteiger partial charge in [-0.3, -0.25) is 9.59 Å². The molecule has 1 aliphatic heterocycles. The highest BCUT2D eigenvalue weighted by atomic mass is 35.5. The number of carbonyl (C=O) groups excluding carboxylic acids is 2. The number of carbonyl (C=O) groups is 2. The number of piperidine rings is 1. The first-order valence-corrected chi connectivity index (χ1v) is 10.3. The van der Waals surface area contributed by atoms with Crippen molar-refractivity contribution >= 4 is 35.0 Å². The van der Waals surface area contributed by atoms with Gasteiger partial charge in [0.25, 0.3) is 0 Å². The fourth-order valence-electron chi connectivity index (χ4n) is 3.26. The van der Waals surface area contributed by atoms with Gasteiger partial charge in [-0.2, -0.15) is 0 Å². The van der Waals surface area contributed by atoms with E-state index in [4.69, 9.17) is 23.2 Å². The number of rotatable bonds is 8. The predicted octanol–water partition coefficient (Wildman–Crippen LogP) is 4.47. The van der Waals surface area contributed by atoms with Gasteiger partial charge in [0.2, 0.25) is 11.8 Å². The van der Waals surface area contributed by atoms with Crippen molar-refractivity contribution in [2.75, 3.05) is 19.6 Å². The number of benzene rings is 1. The van der Waals surface area contributed by atoms with Crippen molar-refractivity contribution in [1.82, 2.24) is 10.2 Å². The van der Waals surface area contributed by atoms with Crippen molar-refractivity contribution in [3.8, 4) is 0 Å². The lowest BCUT2D eigenvalue weighted by molar-refractivity contribution is -0.135. The maximum absolute atomic E-state index is 12.4. The van der Waals surface area contributed by atoms with Crippen LogP contribution in [0.1, 0.15) is 51.0 Å². The standard InChI is InChI=1S/C20H28Cl2N2O2/c1-2-3-4-12-23-20(26)16-10-13-24(14-11-16)18(25)9-8-15-6-5-7-17(21)19(15)22/h5-7,16H,2-4,8-14H2,1H3,(H,23,26). The molecule has 1 aliphatic rings. The van der Waals surface area contributed by atoms with E-state index in [1.165, 1.54) is 0 Å². The van der Waals surface area contributed by atoms with Gasteiger partial charge in [-0.15, -0.1) is 0 Å². The SMILES string of the molecule is CCCCCNC(=O)C1CCN(C(=O)CCc2cccc(Cl)c2Cl)CC1. The van der Waals surface area contributed by atoms with Crippen LogP contribution in [-0.4, -0.2) is 36.3 Å². The van der Waals surface area contributed by atoms with E-state index in [0.29, 0.717) is 36.0 Å². The molecule has 1 fully saturated rings. The first-order chi connectivity index (χ1) is 12.5. The molecule has 2 rings (SSSR count). The number of nitrogens with zero attached hydrogens (tertiary/aromatic N) is 1. The van der Waals surface area contributed by atoms with Gasteiger partial charge in [0.1, 0.15) is 0 Å². The van der Waals surface area contributed by atoms with Gasteiger partial charge in [-0.05, 0) is 37.3 Å². The van der Waals surface area contributed by atoms with Crippen molar-refractivity contribution in [2.45, 2.75) is 51.9 Å². The lowest BCUT2D eigenvalue weighted by Crippen LogP contribution is -2.43. The zero-order valence-corrected chi connectivity index (χ0v) is 16.9. The lowest BCUT2D eigenvalue weighted by Gasteiger charge is -2.31. The molecule has 0 saturated carbocycles. The maximum Gasteiger partial charge on any atom is 0.223 e. The summed E-state index contributed by atoms with van der Waals surface area (Å²) >= 11 is 12.2. The van der Waals surface area contributed by atoms with E-state index in [1.54, 1.807) is 6.07 Å². The van der Waals surface area contributed by atoms with Crippen LogP contribution in [0.25, 0.3) is 0 Å². The summed E-state index contributed by atoms with van der Waals surface area (Å²) in [5, 5.41) is 4.06. The number of halogens is 2. The second kappa shape index (κ2) is 10.8. The summed E-state index contributed by atoms with van der Waals surface area (Å²) in [5.74, 6) is 0.282. The molecule has 144 valence electrons. The van der Waals surface area contributed by atoms with Crippen LogP contribution in [0.5, 0.6) is 0 Å². The molecular formula is C20H28Cl2N2O2. The largest absolute Gasteiger partial charge is 0.356 e. The van der Waals surface area contributed by atoms with E-state index < -0.39 is 0 Å². The van der Waals surface area contributed by atoms with E-state index in [-0.39, 0.29) is 17.7 Å². The molecule has 4 nitrogen and oxygen atoms in total. The second-order valence-corrected chi connectivity index (χ2v) is 7.65. The number of amides is 2. The van der Waals surface area contributed by atoms with Gasteiger partial charge in [0, 0.05) is 32.0 Å². The normalized spacial score (nSPS) is 15.1. The quantitative estimate of drug-likeness (QED) is 0.656. The number of nitrogens with one attached hydrogen (secondary N) is 1. The smallest absolute Gasteiger partial charge is 0.223 e. The van der Waals surface area contributed by atoms with Crippen LogP contribution in [0.4, 0.5) is 0 Å². The first kappa shape index (κ1) is 21.0. The summed E-state index contributed by atoms with van der Waals surface area (Å²) in [6.07, 6.45) is 5.79. The van der Waals surface area contributed by atoms with E-state index >= 15 is 0 Å². The van der Waals surface area contributed by atoms with E-state index in [9.17, 15) is 9.59 Å². The first-order valence-electron chi connectivity index (χ1n) is 9.51. The molecule has 26 heavy (non-hydrogen) atoms. The topological polar surface area (TPSA) is 49.4 Å². The van der Waals surface area contributed by atoms with Gasteiger partial charge < -0.3 is 10.2 Å². The number of likely N-dealkylation sites (tertiary alicyclic amines) is 1. The van der Waals surface area contributed by atoms with Crippen molar-refractivity contribution in [2.24, 2.45) is 5.92 Å². The van der Waals surface area contributed by atoms with Crippen LogP contribution in [0.2, 0.25) is 10.0 Å². The van der Waals surface area contributed by atoms with Crippen LogP contribution in [0.15, 0.2) is 18.2 Å². The fourth-order valence-corrected chi connectivity index (χ4v) is 3.68. The zero-order valence-electron chi connectivity index (χ0n) is 15.4. The Kier molecular flexibility index (Phi) is 8.73. The number of hydrogen-bond acceptors (Lipinski definition) is 2. The highest BCUT2D eigenvalue weighted by Gasteiger charge is 2.26. The average Bonchev–Trinajstić information content (AvgIpc) is 2.66. The lowest BCUT2D eigenvalue weighted by atomic mass is 9.95. The summed E-state index contributed by atoms with van der Waals surface area (Å²) in [4.78, 5) is 26.5. The Hall–Kier alpha value is -1.26. The van der Waals surface area contributed by atoms with Crippen molar-refractivity contribution in [3.05, 3.63) is 33.8 Å². The van der Waals surface area contributed by atoms with Crippen LogP contribution < -0.4 is 5.32 Å². The molecule has 6 heteroatoms. The molecule has 0 aromatic heterocycles. The van der Waals surface area contributed by atoms with E-state index in [0.717, 1.165) is 44.2 Å². The van der Waals surface area contributed by atoms with Crippen molar-refractivity contribution in [3.63, 3.8) is 0 Å². The van der Waals surface area contributed by atoms with E-state index in [2.05, 4.69) is 12.2 Å². The molecule has 0 radical (unpaired) electrons. The number of hydrogen-bond donors (Lipinski definition) is 1. The molecule has 0 atom stereocenters. The third kappa shape index (κ3) is 6.17. The molecule has 2 amide bonds. The highest BCUT2D eigenvalue weighted by Crippen LogP contribution is 2.27. The van der Waals surface area contributed by atoms with Gasteiger partial charge in [-0.25, -0.2) is 0 Å². The molecule has 0 spiro atoms. The predicted molar refractivity (Wildman–Crippen MR) is 107 cm³/mol. The van der Waals surface area contributed by atoms with Gasteiger partial charge in [0.15, 0.2) is 0 Å². The Morgan fingerprint density at radius 2 is 1.92 bits per heavy atom. The number of aryl methyl sites for hydroxylation is 1. The van der Waals surface area contributed by atoms with Crippen LogP contribution in [-0.2, 0) is 16.0 Å². The van der Waals surface area contributed by atoms with E-state index in [1.807, 2.05) is 17.0 Å². The molecule has 0 aliphatic carbocycles. The third-order valence-electron chi connectivity index (χ3n) is 4.94. The second-order valence-electron chi connectivity index (χ2n) is 6.87. The summed E-state index contributed by atoms with van der Waals surface area (Å²) in [7, 11) is 0. The summed E-state index contributed by atoms with van der Waals surface area (Å²) < 4.78 is 0. The van der Waals surface area contributed by atoms with Crippen molar-refractivity contribution < 1.29 is 9.59 Å². The molecule has 0 bridgehead atoms. The summed E-state index contributed by atoms with van der Waals surface area (Å²) in [6, 6.07) is 5.49. The van der Waals surface area contributed by atoms with Gasteiger partial charge in [0.05, 0.1) is 10.0 Å². The summed E-state index contributed by atoms with van der Waals surface area (Å²) in [5.41, 5.74) is 0.897. The van der Waals surface area contributed by atoms with Gasteiger partial charge >= 0.3 is 0 Å². The Morgan fingerprint density at radius 3 is 2.62 bits per heavy atom. The highest BCUT2D eigenvalue weighted by molar-refractivity contribution is 6.42. The molecule has 0 unspecified atom stereocenters. The molecule has 1 N–H and O–H groups in total. The average molecular weight is 399 g/mol. The minimum absolute atomic E-state index is 0.0306. The molecular weight excluding hydrogens is 371 g/mol. The maximum atomic E-state index is 12.4. The minimum atomic E-state index is 0.0306. The zero-order chi connectivity index (χ0) is 18.9. The van der Waals surface area contributed by atoms with Gasteiger partial charge in [-0.1, -0.05) is 55.1 Å². The Labute approximate surface area is 166 Å². The molecule has 1 saturated heterocycles. The summed E-state index contributed by atoms with van der Waals surface area (Å²) in [6.45, 7) is 4.20. The minimum Gasteiger partial charge on any atom is -0.356 e.